The van der Waals surface area contributed by atoms with Gasteiger partial charge in [0, 0.05) is 24.8 Å². The molecule has 7 heteroatoms. The number of aliphatic carboxylic acids is 1. The van der Waals surface area contributed by atoms with E-state index in [1.807, 2.05) is 0 Å². The first kappa shape index (κ1) is 24.4. The van der Waals surface area contributed by atoms with Gasteiger partial charge in [-0.1, -0.05) is 52.9 Å². The smallest absolute Gasteiger partial charge is 0.305 e. The zero-order valence-corrected chi connectivity index (χ0v) is 16.4. The molecule has 3 N–H and O–H groups in total. The molecule has 0 aromatic rings. The van der Waals surface area contributed by atoms with E-state index in [1.54, 1.807) is 13.8 Å². The SMILES string of the molecule is CCCCCCCCC(=O)OCC(C)(C)C(O)C(=O)NCCCC(=O)O. The Balaban J connectivity index is 4.03. The third-order valence-electron chi connectivity index (χ3n) is 4.19. The molecule has 0 heterocycles. The molecule has 0 aromatic heterocycles. The Labute approximate surface area is 156 Å². The van der Waals surface area contributed by atoms with Gasteiger partial charge < -0.3 is 20.3 Å². The number of rotatable bonds is 15. The molecule has 152 valence electrons. The van der Waals surface area contributed by atoms with E-state index in [1.165, 1.54) is 19.3 Å². The molecule has 0 rings (SSSR count). The maximum absolute atomic E-state index is 11.9. The molecule has 26 heavy (non-hydrogen) atoms. The molecule has 7 nitrogen and oxygen atoms in total. The van der Waals surface area contributed by atoms with Crippen LogP contribution in [0.25, 0.3) is 0 Å². The highest BCUT2D eigenvalue weighted by atomic mass is 16.5. The summed E-state index contributed by atoms with van der Waals surface area (Å²) in [5.41, 5.74) is -0.923. The Morgan fingerprint density at radius 1 is 1.00 bits per heavy atom. The zero-order valence-electron chi connectivity index (χ0n) is 16.4. The lowest BCUT2D eigenvalue weighted by Gasteiger charge is -2.29. The van der Waals surface area contributed by atoms with Crippen LogP contribution in [0.2, 0.25) is 0 Å². The van der Waals surface area contributed by atoms with Gasteiger partial charge in [-0.15, -0.1) is 0 Å². The minimum Gasteiger partial charge on any atom is -0.481 e. The molecule has 0 radical (unpaired) electrons. The number of carbonyl (C=O) groups is 3. The van der Waals surface area contributed by atoms with Crippen molar-refractivity contribution in [1.29, 1.82) is 0 Å². The molecule has 0 bridgehead atoms. The van der Waals surface area contributed by atoms with Gasteiger partial charge in [0.15, 0.2) is 0 Å². The number of carboxylic acid groups (broad SMARTS) is 1. The van der Waals surface area contributed by atoms with Crippen LogP contribution in [-0.2, 0) is 19.1 Å². The Hall–Kier alpha value is -1.63. The quantitative estimate of drug-likeness (QED) is 0.300. The van der Waals surface area contributed by atoms with E-state index in [-0.39, 0.29) is 25.5 Å². The number of esters is 1. The van der Waals surface area contributed by atoms with E-state index >= 15 is 0 Å². The van der Waals surface area contributed by atoms with Gasteiger partial charge in [-0.05, 0) is 12.8 Å². The van der Waals surface area contributed by atoms with Crippen LogP contribution in [0.3, 0.4) is 0 Å². The summed E-state index contributed by atoms with van der Waals surface area (Å²) in [5.74, 6) is -1.84. The lowest BCUT2D eigenvalue weighted by atomic mass is 9.87. The summed E-state index contributed by atoms with van der Waals surface area (Å²) >= 11 is 0. The van der Waals surface area contributed by atoms with Crippen molar-refractivity contribution in [2.45, 2.75) is 84.7 Å². The molecule has 0 aliphatic rings. The normalized spacial score (nSPS) is 12.5. The first-order valence-corrected chi connectivity index (χ1v) is 9.54. The van der Waals surface area contributed by atoms with E-state index in [9.17, 15) is 19.5 Å². The number of hydrogen-bond acceptors (Lipinski definition) is 5. The van der Waals surface area contributed by atoms with Gasteiger partial charge in [0.05, 0.1) is 6.61 Å². The van der Waals surface area contributed by atoms with Gasteiger partial charge in [-0.2, -0.15) is 0 Å². The number of nitrogens with one attached hydrogen (secondary N) is 1. The first-order valence-electron chi connectivity index (χ1n) is 9.54. The van der Waals surface area contributed by atoms with Gasteiger partial charge in [0.25, 0.3) is 0 Å². The van der Waals surface area contributed by atoms with Crippen molar-refractivity contribution in [3.05, 3.63) is 0 Å². The van der Waals surface area contributed by atoms with Gasteiger partial charge in [0.1, 0.15) is 6.10 Å². The summed E-state index contributed by atoms with van der Waals surface area (Å²) in [4.78, 5) is 34.1. The Kier molecular flexibility index (Phi) is 12.7. The highest BCUT2D eigenvalue weighted by molar-refractivity contribution is 5.81. The molecule has 0 saturated heterocycles. The molecule has 0 fully saturated rings. The number of amides is 1. The monoisotopic (exact) mass is 373 g/mol. The number of carboxylic acids is 1. The molecule has 0 aromatic carbocycles. The van der Waals surface area contributed by atoms with Crippen LogP contribution in [0.4, 0.5) is 0 Å². The van der Waals surface area contributed by atoms with E-state index in [4.69, 9.17) is 9.84 Å². The van der Waals surface area contributed by atoms with Crippen LogP contribution in [-0.4, -0.2) is 47.3 Å². The Morgan fingerprint density at radius 3 is 2.23 bits per heavy atom. The number of unbranched alkanes of at least 4 members (excludes halogenated alkanes) is 5. The highest BCUT2D eigenvalue weighted by Gasteiger charge is 2.34. The fraction of sp³-hybridized carbons (Fsp3) is 0.842. The Bertz CT molecular complexity index is 436. The molecule has 0 aliphatic heterocycles. The first-order chi connectivity index (χ1) is 12.2. The van der Waals surface area contributed by atoms with Crippen molar-refractivity contribution >= 4 is 17.8 Å². The number of aliphatic hydroxyl groups excluding tert-OH is 1. The zero-order chi connectivity index (χ0) is 20.0. The second kappa shape index (κ2) is 13.6. The van der Waals surface area contributed by atoms with Crippen LogP contribution in [0.15, 0.2) is 0 Å². The van der Waals surface area contributed by atoms with E-state index in [0.29, 0.717) is 12.8 Å². The molecule has 0 saturated carbocycles. The van der Waals surface area contributed by atoms with E-state index < -0.39 is 23.4 Å². The number of hydrogen-bond donors (Lipinski definition) is 3. The Morgan fingerprint density at radius 2 is 1.62 bits per heavy atom. The minimum absolute atomic E-state index is 0.0458. The third kappa shape index (κ3) is 11.8. The summed E-state index contributed by atoms with van der Waals surface area (Å²) in [6, 6.07) is 0. The predicted octanol–water partition coefficient (Wildman–Crippen LogP) is 2.65. The molecule has 0 aliphatic carbocycles. The second-order valence-electron chi connectivity index (χ2n) is 7.36. The molecule has 1 atom stereocenters. The maximum atomic E-state index is 11.9. The standard InChI is InChI=1S/C19H35NO6/c1-4-5-6-7-8-9-12-16(23)26-14-19(2,3)17(24)18(25)20-13-10-11-15(21)22/h17,24H,4-14H2,1-3H3,(H,20,25)(H,21,22). The van der Waals surface area contributed by atoms with Crippen molar-refractivity contribution in [2.75, 3.05) is 13.2 Å². The second-order valence-corrected chi connectivity index (χ2v) is 7.36. The van der Waals surface area contributed by atoms with Gasteiger partial charge in [-0.25, -0.2) is 0 Å². The average molecular weight is 373 g/mol. The predicted molar refractivity (Wildman–Crippen MR) is 98.6 cm³/mol. The van der Waals surface area contributed by atoms with Gasteiger partial charge >= 0.3 is 11.9 Å². The highest BCUT2D eigenvalue weighted by Crippen LogP contribution is 2.22. The number of ether oxygens (including phenoxy) is 1. The van der Waals surface area contributed by atoms with Gasteiger partial charge in [0.2, 0.25) is 5.91 Å². The fourth-order valence-corrected chi connectivity index (χ4v) is 2.37. The maximum Gasteiger partial charge on any atom is 0.305 e. The van der Waals surface area contributed by atoms with Crippen LogP contribution in [0, 0.1) is 5.41 Å². The van der Waals surface area contributed by atoms with Gasteiger partial charge in [-0.3, -0.25) is 14.4 Å². The van der Waals surface area contributed by atoms with Crippen molar-refractivity contribution in [3.63, 3.8) is 0 Å². The lowest BCUT2D eigenvalue weighted by molar-refractivity contribution is -0.153. The third-order valence-corrected chi connectivity index (χ3v) is 4.19. The summed E-state index contributed by atoms with van der Waals surface area (Å²) in [6.07, 6.45) is 5.75. The van der Waals surface area contributed by atoms with E-state index in [0.717, 1.165) is 19.3 Å². The van der Waals surface area contributed by atoms with Crippen molar-refractivity contribution in [1.82, 2.24) is 5.32 Å². The largest absolute Gasteiger partial charge is 0.481 e. The molecule has 0 spiro atoms. The summed E-state index contributed by atoms with van der Waals surface area (Å²) < 4.78 is 5.21. The van der Waals surface area contributed by atoms with Crippen molar-refractivity contribution < 1.29 is 29.3 Å². The molecular weight excluding hydrogens is 338 g/mol. The van der Waals surface area contributed by atoms with Crippen LogP contribution in [0.1, 0.15) is 78.6 Å². The van der Waals surface area contributed by atoms with Crippen molar-refractivity contribution in [3.8, 4) is 0 Å². The molecule has 1 amide bonds. The topological polar surface area (TPSA) is 113 Å². The summed E-state index contributed by atoms with van der Waals surface area (Å²) in [7, 11) is 0. The van der Waals surface area contributed by atoms with Crippen LogP contribution >= 0.6 is 0 Å². The average Bonchev–Trinajstić information content (AvgIpc) is 2.59. The van der Waals surface area contributed by atoms with Crippen molar-refractivity contribution in [2.24, 2.45) is 5.41 Å². The minimum atomic E-state index is -1.34. The van der Waals surface area contributed by atoms with E-state index in [2.05, 4.69) is 12.2 Å². The van der Waals surface area contributed by atoms with Crippen LogP contribution < -0.4 is 5.32 Å². The fourth-order valence-electron chi connectivity index (χ4n) is 2.37. The number of carbonyl (C=O) groups excluding carboxylic acids is 2. The molecule has 1 unspecified atom stereocenters. The molecular formula is C19H35NO6. The number of aliphatic hydroxyl groups is 1. The summed E-state index contributed by atoms with van der Waals surface area (Å²) in [5, 5.41) is 21.2. The lowest BCUT2D eigenvalue weighted by Crippen LogP contribution is -2.46. The van der Waals surface area contributed by atoms with Crippen LogP contribution in [0.5, 0.6) is 0 Å². The summed E-state index contributed by atoms with van der Waals surface area (Å²) in [6.45, 7) is 5.57.